The Hall–Kier alpha value is -1.00. The Labute approximate surface area is 119 Å². The SMILES string of the molecule is CC(C)(C)SCC(=O)NC(CO)Cc1ccccc1. The molecule has 0 bridgehead atoms. The third kappa shape index (κ3) is 7.23. The molecule has 0 heterocycles. The lowest BCUT2D eigenvalue weighted by molar-refractivity contribution is -0.119. The molecule has 19 heavy (non-hydrogen) atoms. The van der Waals surface area contributed by atoms with E-state index in [1.54, 1.807) is 11.8 Å². The van der Waals surface area contributed by atoms with Crippen LogP contribution in [0.4, 0.5) is 0 Å². The number of thioether (sulfide) groups is 1. The highest BCUT2D eigenvalue weighted by Gasteiger charge is 2.16. The second kappa shape index (κ2) is 7.56. The molecule has 1 unspecified atom stereocenters. The highest BCUT2D eigenvalue weighted by Crippen LogP contribution is 2.22. The normalized spacial score (nSPS) is 13.1. The van der Waals surface area contributed by atoms with Crippen LogP contribution in [0.25, 0.3) is 0 Å². The van der Waals surface area contributed by atoms with Crippen molar-refractivity contribution in [3.05, 3.63) is 35.9 Å². The zero-order valence-corrected chi connectivity index (χ0v) is 12.7. The summed E-state index contributed by atoms with van der Waals surface area (Å²) >= 11 is 1.61. The highest BCUT2D eigenvalue weighted by atomic mass is 32.2. The molecule has 1 aromatic rings. The van der Waals surface area contributed by atoms with Crippen molar-refractivity contribution < 1.29 is 9.90 Å². The number of carbonyl (C=O) groups is 1. The van der Waals surface area contributed by atoms with Gasteiger partial charge in [0.15, 0.2) is 0 Å². The number of amides is 1. The maximum atomic E-state index is 11.8. The molecule has 0 saturated carbocycles. The fraction of sp³-hybridized carbons (Fsp3) is 0.533. The van der Waals surface area contributed by atoms with Gasteiger partial charge in [0.2, 0.25) is 5.91 Å². The van der Waals surface area contributed by atoms with Crippen molar-refractivity contribution in [3.8, 4) is 0 Å². The number of benzene rings is 1. The third-order valence-corrected chi connectivity index (χ3v) is 3.82. The molecule has 1 rings (SSSR count). The van der Waals surface area contributed by atoms with Crippen LogP contribution in [0.5, 0.6) is 0 Å². The molecule has 0 spiro atoms. The predicted molar refractivity (Wildman–Crippen MR) is 81.4 cm³/mol. The van der Waals surface area contributed by atoms with Crippen molar-refractivity contribution in [2.24, 2.45) is 0 Å². The second-order valence-corrected chi connectivity index (χ2v) is 7.34. The topological polar surface area (TPSA) is 49.3 Å². The van der Waals surface area contributed by atoms with Crippen LogP contribution < -0.4 is 5.32 Å². The van der Waals surface area contributed by atoms with Gasteiger partial charge in [-0.15, -0.1) is 11.8 Å². The number of nitrogens with one attached hydrogen (secondary N) is 1. The van der Waals surface area contributed by atoms with Crippen molar-refractivity contribution >= 4 is 17.7 Å². The third-order valence-electron chi connectivity index (χ3n) is 2.55. The van der Waals surface area contributed by atoms with Crippen LogP contribution in [0.3, 0.4) is 0 Å². The van der Waals surface area contributed by atoms with E-state index in [0.717, 1.165) is 5.56 Å². The van der Waals surface area contributed by atoms with Crippen LogP contribution in [-0.2, 0) is 11.2 Å². The molecule has 1 atom stereocenters. The number of hydrogen-bond acceptors (Lipinski definition) is 3. The maximum Gasteiger partial charge on any atom is 0.230 e. The zero-order chi connectivity index (χ0) is 14.3. The Balaban J connectivity index is 2.42. The molecule has 4 heteroatoms. The van der Waals surface area contributed by atoms with Gasteiger partial charge in [0, 0.05) is 4.75 Å². The lowest BCUT2D eigenvalue weighted by atomic mass is 10.1. The molecule has 0 aliphatic heterocycles. The highest BCUT2D eigenvalue weighted by molar-refractivity contribution is 8.01. The van der Waals surface area contributed by atoms with E-state index in [4.69, 9.17) is 0 Å². The molecule has 1 amide bonds. The Morgan fingerprint density at radius 2 is 1.95 bits per heavy atom. The first kappa shape index (κ1) is 16.1. The van der Waals surface area contributed by atoms with Gasteiger partial charge in [-0.25, -0.2) is 0 Å². The van der Waals surface area contributed by atoms with Gasteiger partial charge >= 0.3 is 0 Å². The second-order valence-electron chi connectivity index (χ2n) is 5.54. The quantitative estimate of drug-likeness (QED) is 0.841. The number of carbonyl (C=O) groups excluding carboxylic acids is 1. The van der Waals surface area contributed by atoms with Crippen molar-refractivity contribution in [2.45, 2.75) is 38.0 Å². The summed E-state index contributed by atoms with van der Waals surface area (Å²) in [5.41, 5.74) is 1.12. The van der Waals surface area contributed by atoms with Gasteiger partial charge in [0.25, 0.3) is 0 Å². The van der Waals surface area contributed by atoms with Crippen molar-refractivity contribution in [2.75, 3.05) is 12.4 Å². The smallest absolute Gasteiger partial charge is 0.230 e. The Bertz CT molecular complexity index is 387. The first-order valence-electron chi connectivity index (χ1n) is 6.49. The number of hydrogen-bond donors (Lipinski definition) is 2. The summed E-state index contributed by atoms with van der Waals surface area (Å²) in [6, 6.07) is 9.66. The molecule has 0 aliphatic carbocycles. The Morgan fingerprint density at radius 1 is 1.32 bits per heavy atom. The van der Waals surface area contributed by atoms with Gasteiger partial charge in [0.1, 0.15) is 0 Å². The van der Waals surface area contributed by atoms with E-state index in [1.807, 2.05) is 30.3 Å². The van der Waals surface area contributed by atoms with Gasteiger partial charge in [0.05, 0.1) is 18.4 Å². The minimum absolute atomic E-state index is 0.0186. The predicted octanol–water partition coefficient (Wildman–Crippen LogP) is 2.24. The summed E-state index contributed by atoms with van der Waals surface area (Å²) < 4.78 is 0.0749. The van der Waals surface area contributed by atoms with E-state index in [2.05, 4.69) is 26.1 Å². The molecular formula is C15H23NO2S. The summed E-state index contributed by atoms with van der Waals surface area (Å²) in [5.74, 6) is 0.407. The molecule has 0 aromatic heterocycles. The minimum Gasteiger partial charge on any atom is -0.394 e. The van der Waals surface area contributed by atoms with E-state index in [0.29, 0.717) is 12.2 Å². The van der Waals surface area contributed by atoms with Crippen LogP contribution in [-0.4, -0.2) is 34.2 Å². The van der Waals surface area contributed by atoms with Crippen molar-refractivity contribution in [1.29, 1.82) is 0 Å². The van der Waals surface area contributed by atoms with Gasteiger partial charge in [-0.3, -0.25) is 4.79 Å². The van der Waals surface area contributed by atoms with Gasteiger partial charge < -0.3 is 10.4 Å². The van der Waals surface area contributed by atoms with Crippen LogP contribution >= 0.6 is 11.8 Å². The molecule has 2 N–H and O–H groups in total. The lowest BCUT2D eigenvalue weighted by Gasteiger charge is -2.20. The standard InChI is InChI=1S/C15H23NO2S/c1-15(2,3)19-11-14(18)16-13(10-17)9-12-7-5-4-6-8-12/h4-8,13,17H,9-11H2,1-3H3,(H,16,18). The van der Waals surface area contributed by atoms with Gasteiger partial charge in [-0.1, -0.05) is 51.1 Å². The van der Waals surface area contributed by atoms with Gasteiger partial charge in [-0.05, 0) is 12.0 Å². The largest absolute Gasteiger partial charge is 0.394 e. The molecular weight excluding hydrogens is 258 g/mol. The number of aliphatic hydroxyl groups excluding tert-OH is 1. The molecule has 0 saturated heterocycles. The van der Waals surface area contributed by atoms with E-state index in [9.17, 15) is 9.90 Å². The number of aliphatic hydroxyl groups is 1. The van der Waals surface area contributed by atoms with Gasteiger partial charge in [-0.2, -0.15) is 0 Å². The first-order chi connectivity index (χ1) is 8.90. The van der Waals surface area contributed by atoms with Crippen molar-refractivity contribution in [3.63, 3.8) is 0 Å². The molecule has 0 radical (unpaired) electrons. The van der Waals surface area contributed by atoms with Crippen LogP contribution in [0.2, 0.25) is 0 Å². The molecule has 106 valence electrons. The summed E-state index contributed by atoms with van der Waals surface area (Å²) in [7, 11) is 0. The minimum atomic E-state index is -0.213. The van der Waals surface area contributed by atoms with E-state index in [-0.39, 0.29) is 23.3 Å². The zero-order valence-electron chi connectivity index (χ0n) is 11.8. The fourth-order valence-electron chi connectivity index (χ4n) is 1.61. The maximum absolute atomic E-state index is 11.8. The summed E-state index contributed by atoms with van der Waals surface area (Å²) in [6.45, 7) is 6.20. The summed E-state index contributed by atoms with van der Waals surface area (Å²) in [5, 5.41) is 12.2. The monoisotopic (exact) mass is 281 g/mol. The van der Waals surface area contributed by atoms with Crippen LogP contribution in [0.15, 0.2) is 30.3 Å². The molecule has 1 aromatic carbocycles. The van der Waals surface area contributed by atoms with Crippen molar-refractivity contribution in [1.82, 2.24) is 5.32 Å². The first-order valence-corrected chi connectivity index (χ1v) is 7.47. The summed E-state index contributed by atoms with van der Waals surface area (Å²) in [4.78, 5) is 11.8. The fourth-order valence-corrected chi connectivity index (χ4v) is 2.26. The molecule has 0 aliphatic rings. The molecule has 0 fully saturated rings. The van der Waals surface area contributed by atoms with Crippen LogP contribution in [0.1, 0.15) is 26.3 Å². The Morgan fingerprint density at radius 3 is 2.47 bits per heavy atom. The average molecular weight is 281 g/mol. The summed E-state index contributed by atoms with van der Waals surface area (Å²) in [6.07, 6.45) is 0.656. The number of rotatable bonds is 6. The average Bonchev–Trinajstić information content (AvgIpc) is 2.36. The Kier molecular flexibility index (Phi) is 6.38. The van der Waals surface area contributed by atoms with Crippen LogP contribution in [0, 0.1) is 0 Å². The van der Waals surface area contributed by atoms with E-state index < -0.39 is 0 Å². The van der Waals surface area contributed by atoms with E-state index in [1.165, 1.54) is 0 Å². The molecule has 3 nitrogen and oxygen atoms in total. The lowest BCUT2D eigenvalue weighted by Crippen LogP contribution is -2.40. The van der Waals surface area contributed by atoms with E-state index >= 15 is 0 Å².